The third kappa shape index (κ3) is 4.06. The van der Waals surface area contributed by atoms with E-state index in [1.807, 2.05) is 32.0 Å². The van der Waals surface area contributed by atoms with E-state index in [2.05, 4.69) is 25.6 Å². The number of nitrogens with one attached hydrogen (secondary N) is 1. The Morgan fingerprint density at radius 2 is 1.95 bits per heavy atom. The van der Waals surface area contributed by atoms with Crippen molar-refractivity contribution in [2.24, 2.45) is 0 Å². The number of pyridine rings is 1. The number of sulfonamides is 1. The van der Waals surface area contributed by atoms with Crippen molar-refractivity contribution in [3.05, 3.63) is 52.1 Å². The number of benzene rings is 1. The predicted octanol–water partition coefficient (Wildman–Crippen LogP) is 2.70. The molecule has 0 saturated carbocycles. The van der Waals surface area contributed by atoms with Gasteiger partial charge in [-0.3, -0.25) is 0 Å². The lowest BCUT2D eigenvalue weighted by Gasteiger charge is -2.13. The molecule has 1 N–H and O–H groups in total. The minimum Gasteiger partial charge on any atom is -0.363 e. The van der Waals surface area contributed by atoms with Crippen LogP contribution in [0.3, 0.4) is 0 Å². The Morgan fingerprint density at radius 3 is 2.59 bits per heavy atom. The number of anilines is 1. The Hall–Kier alpha value is -1.44. The Kier molecular flexibility index (Phi) is 5.20. The van der Waals surface area contributed by atoms with Gasteiger partial charge in [-0.25, -0.2) is 18.1 Å². The molecule has 0 atom stereocenters. The minimum atomic E-state index is -3.57. The minimum absolute atomic E-state index is 0.214. The molecule has 7 heteroatoms. The smallest absolute Gasteiger partial charge is 0.241 e. The lowest BCUT2D eigenvalue weighted by molar-refractivity contribution is 0.581. The highest BCUT2D eigenvalue weighted by Gasteiger charge is 2.17. The molecule has 0 unspecified atom stereocenters. The van der Waals surface area contributed by atoms with E-state index < -0.39 is 10.0 Å². The summed E-state index contributed by atoms with van der Waals surface area (Å²) >= 11 is 3.30. The van der Waals surface area contributed by atoms with Crippen LogP contribution in [0, 0.1) is 6.92 Å². The number of aryl methyl sites for hydroxylation is 1. The third-order valence-corrected chi connectivity index (χ3v) is 5.49. The topological polar surface area (TPSA) is 62.3 Å². The van der Waals surface area contributed by atoms with Crippen molar-refractivity contribution in [1.82, 2.24) is 9.71 Å². The van der Waals surface area contributed by atoms with Gasteiger partial charge >= 0.3 is 0 Å². The van der Waals surface area contributed by atoms with Crippen molar-refractivity contribution >= 4 is 31.8 Å². The summed E-state index contributed by atoms with van der Waals surface area (Å²) in [4.78, 5) is 6.31. The molecule has 2 aromatic rings. The lowest BCUT2D eigenvalue weighted by atomic mass is 10.2. The first-order valence-corrected chi connectivity index (χ1v) is 8.95. The quantitative estimate of drug-likeness (QED) is 0.861. The Bertz CT molecular complexity index is 776. The number of hydrogen-bond acceptors (Lipinski definition) is 4. The first-order chi connectivity index (χ1) is 10.3. The van der Waals surface area contributed by atoms with Gasteiger partial charge in [0.15, 0.2) is 0 Å². The summed E-state index contributed by atoms with van der Waals surface area (Å²) in [6.07, 6.45) is 1.67. The standard InChI is InChI=1S/C15H18BrN3O2S/c1-11-4-5-14(13(16)8-11)22(20,21)18-10-12-6-7-17-15(9-12)19(2)3/h4-9,18H,10H2,1-3H3. The molecule has 1 aromatic carbocycles. The van der Waals surface area contributed by atoms with Gasteiger partial charge in [0.25, 0.3) is 0 Å². The molecule has 1 aromatic heterocycles. The predicted molar refractivity (Wildman–Crippen MR) is 91.5 cm³/mol. The molecular formula is C15H18BrN3O2S. The van der Waals surface area contributed by atoms with E-state index >= 15 is 0 Å². The summed E-state index contributed by atoms with van der Waals surface area (Å²) in [5, 5.41) is 0. The molecule has 1 heterocycles. The lowest BCUT2D eigenvalue weighted by Crippen LogP contribution is -2.24. The van der Waals surface area contributed by atoms with Gasteiger partial charge in [-0.2, -0.15) is 0 Å². The molecule has 0 aliphatic carbocycles. The fourth-order valence-electron chi connectivity index (χ4n) is 1.90. The summed E-state index contributed by atoms with van der Waals surface area (Å²) in [5.74, 6) is 0.785. The van der Waals surface area contributed by atoms with Gasteiger partial charge in [0.05, 0.1) is 4.90 Å². The summed E-state index contributed by atoms with van der Waals surface area (Å²) < 4.78 is 28.0. The van der Waals surface area contributed by atoms with Crippen molar-refractivity contribution < 1.29 is 8.42 Å². The van der Waals surface area contributed by atoms with Crippen molar-refractivity contribution in [2.75, 3.05) is 19.0 Å². The van der Waals surface area contributed by atoms with Crippen molar-refractivity contribution in [3.63, 3.8) is 0 Å². The zero-order chi connectivity index (χ0) is 16.3. The molecule has 5 nitrogen and oxygen atoms in total. The fourth-order valence-corrected chi connectivity index (χ4v) is 4.10. The van der Waals surface area contributed by atoms with Crippen LogP contribution in [0.5, 0.6) is 0 Å². The molecule has 0 fully saturated rings. The zero-order valence-corrected chi connectivity index (χ0v) is 15.1. The van der Waals surface area contributed by atoms with Gasteiger partial charge in [-0.05, 0) is 58.2 Å². The number of hydrogen-bond donors (Lipinski definition) is 1. The van der Waals surface area contributed by atoms with E-state index in [1.54, 1.807) is 30.5 Å². The molecule has 2 rings (SSSR count). The largest absolute Gasteiger partial charge is 0.363 e. The van der Waals surface area contributed by atoms with Crippen LogP contribution in [0.4, 0.5) is 5.82 Å². The van der Waals surface area contributed by atoms with Gasteiger partial charge in [-0.1, -0.05) is 6.07 Å². The highest BCUT2D eigenvalue weighted by atomic mass is 79.9. The average molecular weight is 384 g/mol. The first kappa shape index (κ1) is 16.9. The van der Waals surface area contributed by atoms with E-state index in [0.717, 1.165) is 16.9 Å². The van der Waals surface area contributed by atoms with E-state index in [-0.39, 0.29) is 11.4 Å². The number of rotatable bonds is 5. The van der Waals surface area contributed by atoms with Crippen LogP contribution in [0.2, 0.25) is 0 Å². The molecule has 0 amide bonds. The maximum atomic E-state index is 12.4. The van der Waals surface area contributed by atoms with E-state index in [1.165, 1.54) is 0 Å². The number of halogens is 1. The van der Waals surface area contributed by atoms with Gasteiger partial charge in [0.2, 0.25) is 10.0 Å². The van der Waals surface area contributed by atoms with Crippen LogP contribution in [-0.4, -0.2) is 27.5 Å². The molecule has 118 valence electrons. The van der Waals surface area contributed by atoms with Crippen LogP contribution in [-0.2, 0) is 16.6 Å². The number of nitrogens with zero attached hydrogens (tertiary/aromatic N) is 2. The van der Waals surface area contributed by atoms with Crippen LogP contribution in [0.15, 0.2) is 45.9 Å². The second kappa shape index (κ2) is 6.76. The Morgan fingerprint density at radius 1 is 1.23 bits per heavy atom. The van der Waals surface area contributed by atoms with Crippen LogP contribution >= 0.6 is 15.9 Å². The van der Waals surface area contributed by atoms with Gasteiger partial charge in [0.1, 0.15) is 5.82 Å². The Balaban J connectivity index is 2.18. The number of aromatic nitrogens is 1. The van der Waals surface area contributed by atoms with E-state index in [9.17, 15) is 8.42 Å². The molecule has 0 saturated heterocycles. The Labute approximate surface area is 139 Å². The maximum absolute atomic E-state index is 12.4. The van der Waals surface area contributed by atoms with Crippen LogP contribution in [0.1, 0.15) is 11.1 Å². The second-order valence-corrected chi connectivity index (χ2v) is 7.76. The van der Waals surface area contributed by atoms with Gasteiger partial charge < -0.3 is 4.90 Å². The monoisotopic (exact) mass is 383 g/mol. The summed E-state index contributed by atoms with van der Waals surface area (Å²) in [7, 11) is 0.207. The highest BCUT2D eigenvalue weighted by Crippen LogP contribution is 2.23. The molecule has 0 spiro atoms. The zero-order valence-electron chi connectivity index (χ0n) is 12.7. The molecular weight excluding hydrogens is 366 g/mol. The normalized spacial score (nSPS) is 11.5. The van der Waals surface area contributed by atoms with Crippen molar-refractivity contribution in [2.45, 2.75) is 18.4 Å². The fraction of sp³-hybridized carbons (Fsp3) is 0.267. The average Bonchev–Trinajstić information content (AvgIpc) is 2.45. The maximum Gasteiger partial charge on any atom is 0.241 e. The second-order valence-electron chi connectivity index (χ2n) is 5.18. The molecule has 0 aliphatic rings. The summed E-state index contributed by atoms with van der Waals surface area (Å²) in [6, 6.07) is 8.80. The van der Waals surface area contributed by atoms with E-state index in [4.69, 9.17) is 0 Å². The highest BCUT2D eigenvalue weighted by molar-refractivity contribution is 9.10. The van der Waals surface area contributed by atoms with Gasteiger partial charge in [0, 0.05) is 31.3 Å². The van der Waals surface area contributed by atoms with Gasteiger partial charge in [-0.15, -0.1) is 0 Å². The SMILES string of the molecule is Cc1ccc(S(=O)(=O)NCc2ccnc(N(C)C)c2)c(Br)c1. The van der Waals surface area contributed by atoms with Crippen molar-refractivity contribution in [1.29, 1.82) is 0 Å². The summed E-state index contributed by atoms with van der Waals surface area (Å²) in [6.45, 7) is 2.13. The van der Waals surface area contributed by atoms with Crippen LogP contribution in [0.25, 0.3) is 0 Å². The molecule has 0 radical (unpaired) electrons. The molecule has 22 heavy (non-hydrogen) atoms. The first-order valence-electron chi connectivity index (χ1n) is 6.67. The van der Waals surface area contributed by atoms with Crippen molar-refractivity contribution in [3.8, 4) is 0 Å². The molecule has 0 bridgehead atoms. The molecule has 0 aliphatic heterocycles. The summed E-state index contributed by atoms with van der Waals surface area (Å²) in [5.41, 5.74) is 1.85. The van der Waals surface area contributed by atoms with E-state index in [0.29, 0.717) is 4.47 Å². The van der Waals surface area contributed by atoms with Crippen LogP contribution < -0.4 is 9.62 Å². The third-order valence-electron chi connectivity index (χ3n) is 3.11.